The van der Waals surface area contributed by atoms with E-state index in [0.29, 0.717) is 10.6 Å². The minimum atomic E-state index is 0.0856. The van der Waals surface area contributed by atoms with Crippen LogP contribution in [0.15, 0.2) is 23.4 Å². The molecule has 0 unspecified atom stereocenters. The molecule has 0 fully saturated rings. The third kappa shape index (κ3) is 3.00. The second kappa shape index (κ2) is 5.15. The van der Waals surface area contributed by atoms with E-state index in [1.165, 1.54) is 12.3 Å². The van der Waals surface area contributed by atoms with Gasteiger partial charge in [0.15, 0.2) is 6.61 Å². The zero-order valence-corrected chi connectivity index (χ0v) is 8.03. The van der Waals surface area contributed by atoms with E-state index in [2.05, 4.69) is 15.9 Å². The van der Waals surface area contributed by atoms with Gasteiger partial charge in [-0.2, -0.15) is 0 Å². The van der Waals surface area contributed by atoms with Crippen LogP contribution in [0, 0.1) is 12.3 Å². The summed E-state index contributed by atoms with van der Waals surface area (Å²) in [5.74, 6) is 2.34. The first-order valence-electron chi connectivity index (χ1n) is 3.81. The first-order valence-corrected chi connectivity index (χ1v) is 4.19. The Labute approximate surface area is 87.0 Å². The first kappa shape index (κ1) is 10.4. The van der Waals surface area contributed by atoms with Crippen LogP contribution in [0.25, 0.3) is 0 Å². The lowest BCUT2D eigenvalue weighted by molar-refractivity contribution is 0.181. The van der Waals surface area contributed by atoms with Crippen LogP contribution in [0.2, 0.25) is 5.02 Å². The second-order valence-corrected chi connectivity index (χ2v) is 2.85. The van der Waals surface area contributed by atoms with Crippen molar-refractivity contribution in [3.63, 3.8) is 0 Å². The number of rotatable bonds is 3. The number of nitrogens with zero attached hydrogens (tertiary/aromatic N) is 1. The number of phenols is 1. The van der Waals surface area contributed by atoms with Gasteiger partial charge in [0.1, 0.15) is 5.75 Å². The Bertz CT molecular complexity index is 382. The molecule has 0 bridgehead atoms. The second-order valence-electron chi connectivity index (χ2n) is 2.42. The fourth-order valence-electron chi connectivity index (χ4n) is 0.797. The molecule has 0 amide bonds. The van der Waals surface area contributed by atoms with Crippen LogP contribution < -0.4 is 0 Å². The maximum Gasteiger partial charge on any atom is 0.177 e. The first-order chi connectivity index (χ1) is 6.74. The lowest BCUT2D eigenvalue weighted by atomic mass is 10.2. The van der Waals surface area contributed by atoms with Gasteiger partial charge in [-0.05, 0) is 18.2 Å². The van der Waals surface area contributed by atoms with Gasteiger partial charge in [0.25, 0.3) is 0 Å². The largest absolute Gasteiger partial charge is 0.507 e. The Morgan fingerprint density at radius 3 is 3.14 bits per heavy atom. The minimum Gasteiger partial charge on any atom is -0.507 e. The van der Waals surface area contributed by atoms with Crippen LogP contribution in [-0.4, -0.2) is 17.9 Å². The highest BCUT2D eigenvalue weighted by molar-refractivity contribution is 6.30. The zero-order valence-electron chi connectivity index (χ0n) is 7.27. The number of halogens is 1. The number of benzene rings is 1. The minimum absolute atomic E-state index is 0.0856. The molecule has 14 heavy (non-hydrogen) atoms. The van der Waals surface area contributed by atoms with Crippen molar-refractivity contribution in [3.8, 4) is 18.1 Å². The summed E-state index contributed by atoms with van der Waals surface area (Å²) in [6, 6.07) is 4.63. The van der Waals surface area contributed by atoms with E-state index in [-0.39, 0.29) is 12.4 Å². The number of terminal acetylenes is 1. The van der Waals surface area contributed by atoms with Gasteiger partial charge in [0.05, 0.1) is 6.21 Å². The van der Waals surface area contributed by atoms with Crippen molar-refractivity contribution in [2.24, 2.45) is 5.16 Å². The molecule has 0 spiro atoms. The van der Waals surface area contributed by atoms with Crippen LogP contribution in [-0.2, 0) is 4.84 Å². The zero-order chi connectivity index (χ0) is 10.4. The summed E-state index contributed by atoms with van der Waals surface area (Å²) in [6.07, 6.45) is 6.29. The van der Waals surface area contributed by atoms with Gasteiger partial charge in [0, 0.05) is 10.6 Å². The van der Waals surface area contributed by atoms with Crippen LogP contribution >= 0.6 is 11.6 Å². The monoisotopic (exact) mass is 209 g/mol. The summed E-state index contributed by atoms with van der Waals surface area (Å²) in [5.41, 5.74) is 0.481. The van der Waals surface area contributed by atoms with E-state index in [1.807, 2.05) is 0 Å². The molecule has 0 atom stereocenters. The van der Waals surface area contributed by atoms with Crippen LogP contribution in [0.5, 0.6) is 5.75 Å². The number of aromatic hydroxyl groups is 1. The Morgan fingerprint density at radius 2 is 2.43 bits per heavy atom. The molecule has 3 nitrogen and oxygen atoms in total. The molecule has 1 N–H and O–H groups in total. The molecule has 0 aliphatic rings. The van der Waals surface area contributed by atoms with Gasteiger partial charge >= 0.3 is 0 Å². The Balaban J connectivity index is 2.71. The molecule has 1 aromatic carbocycles. The molecule has 0 aromatic heterocycles. The fraction of sp³-hybridized carbons (Fsp3) is 0.100. The quantitative estimate of drug-likeness (QED) is 0.358. The maximum absolute atomic E-state index is 9.35. The molecule has 0 radical (unpaired) electrons. The molecule has 0 aliphatic heterocycles. The van der Waals surface area contributed by atoms with Gasteiger partial charge in [-0.15, -0.1) is 6.42 Å². The number of hydrogen-bond donors (Lipinski definition) is 1. The van der Waals surface area contributed by atoms with Crippen molar-refractivity contribution in [3.05, 3.63) is 28.8 Å². The van der Waals surface area contributed by atoms with Crippen LogP contribution in [0.3, 0.4) is 0 Å². The Kier molecular flexibility index (Phi) is 3.84. The van der Waals surface area contributed by atoms with Gasteiger partial charge < -0.3 is 9.94 Å². The third-order valence-corrected chi connectivity index (χ3v) is 1.64. The average molecular weight is 210 g/mol. The van der Waals surface area contributed by atoms with Crippen molar-refractivity contribution in [1.29, 1.82) is 0 Å². The molecular weight excluding hydrogens is 202 g/mol. The molecule has 4 heteroatoms. The highest BCUT2D eigenvalue weighted by atomic mass is 35.5. The summed E-state index contributed by atoms with van der Waals surface area (Å²) >= 11 is 5.71. The molecule has 0 saturated heterocycles. The summed E-state index contributed by atoms with van der Waals surface area (Å²) in [7, 11) is 0. The van der Waals surface area contributed by atoms with E-state index < -0.39 is 0 Å². The standard InChI is InChI=1S/C10H8ClNO2/c1-2-5-14-12-7-8-6-9(11)3-4-10(8)13/h1,3-4,6-7,13H,5H2/b12-7+. The summed E-state index contributed by atoms with van der Waals surface area (Å²) < 4.78 is 0. The summed E-state index contributed by atoms with van der Waals surface area (Å²) in [5, 5.41) is 13.4. The van der Waals surface area contributed by atoms with E-state index >= 15 is 0 Å². The van der Waals surface area contributed by atoms with E-state index in [9.17, 15) is 5.11 Å². The highest BCUT2D eigenvalue weighted by Gasteiger charge is 1.98. The number of oxime groups is 1. The molecular formula is C10H8ClNO2. The third-order valence-electron chi connectivity index (χ3n) is 1.40. The van der Waals surface area contributed by atoms with E-state index in [4.69, 9.17) is 18.0 Å². The van der Waals surface area contributed by atoms with Crippen molar-refractivity contribution in [2.75, 3.05) is 6.61 Å². The molecule has 1 rings (SSSR count). The summed E-state index contributed by atoms with van der Waals surface area (Å²) in [6.45, 7) is 0.0951. The highest BCUT2D eigenvalue weighted by Crippen LogP contribution is 2.19. The van der Waals surface area contributed by atoms with Crippen molar-refractivity contribution < 1.29 is 9.94 Å². The predicted molar refractivity (Wildman–Crippen MR) is 55.5 cm³/mol. The maximum atomic E-state index is 9.35. The van der Waals surface area contributed by atoms with Gasteiger partial charge in [-0.1, -0.05) is 22.7 Å². The van der Waals surface area contributed by atoms with E-state index in [0.717, 1.165) is 0 Å². The molecule has 1 aromatic rings. The number of hydrogen-bond acceptors (Lipinski definition) is 3. The molecule has 0 heterocycles. The van der Waals surface area contributed by atoms with Gasteiger partial charge in [-0.25, -0.2) is 0 Å². The lowest BCUT2D eigenvalue weighted by Gasteiger charge is -1.98. The van der Waals surface area contributed by atoms with E-state index in [1.54, 1.807) is 12.1 Å². The van der Waals surface area contributed by atoms with Gasteiger partial charge in [0.2, 0.25) is 0 Å². The molecule has 0 aliphatic carbocycles. The van der Waals surface area contributed by atoms with Crippen LogP contribution in [0.1, 0.15) is 5.56 Å². The summed E-state index contributed by atoms with van der Waals surface area (Å²) in [4.78, 5) is 4.66. The van der Waals surface area contributed by atoms with Crippen molar-refractivity contribution in [1.82, 2.24) is 0 Å². The van der Waals surface area contributed by atoms with Gasteiger partial charge in [-0.3, -0.25) is 0 Å². The van der Waals surface area contributed by atoms with Crippen molar-refractivity contribution in [2.45, 2.75) is 0 Å². The Morgan fingerprint density at radius 1 is 1.64 bits per heavy atom. The van der Waals surface area contributed by atoms with Crippen molar-refractivity contribution >= 4 is 17.8 Å². The lowest BCUT2D eigenvalue weighted by Crippen LogP contribution is -1.86. The predicted octanol–water partition coefficient (Wildman–Crippen LogP) is 2.03. The molecule has 72 valence electrons. The number of phenolic OH excluding ortho intramolecular Hbond substituents is 1. The smallest absolute Gasteiger partial charge is 0.177 e. The SMILES string of the molecule is C#CCO/N=C/c1cc(Cl)ccc1O. The average Bonchev–Trinajstić information content (AvgIpc) is 2.18. The normalized spacial score (nSPS) is 10.0. The molecule has 0 saturated carbocycles. The fourth-order valence-corrected chi connectivity index (χ4v) is 0.978. The topological polar surface area (TPSA) is 41.8 Å². The Hall–Kier alpha value is -1.66. The van der Waals surface area contributed by atoms with Crippen LogP contribution in [0.4, 0.5) is 0 Å².